The van der Waals surface area contributed by atoms with Gasteiger partial charge in [-0.25, -0.2) is 10.2 Å². The lowest BCUT2D eigenvalue weighted by Crippen LogP contribution is -2.10. The third kappa shape index (κ3) is 3.28. The molecule has 0 fully saturated rings. The van der Waals surface area contributed by atoms with Crippen LogP contribution in [0.15, 0.2) is 12.1 Å². The van der Waals surface area contributed by atoms with Crippen molar-refractivity contribution < 1.29 is 22.8 Å². The molecular formula is C13H11Cl2F3N4O2. The Morgan fingerprint density at radius 1 is 1.33 bits per heavy atom. The van der Waals surface area contributed by atoms with Gasteiger partial charge in [0.15, 0.2) is 17.4 Å². The number of hydrogen-bond acceptors (Lipinski definition) is 5. The summed E-state index contributed by atoms with van der Waals surface area (Å²) < 4.78 is 39.5. The van der Waals surface area contributed by atoms with Gasteiger partial charge in [0, 0.05) is 0 Å². The minimum Gasteiger partial charge on any atom is -0.382 e. The molecule has 11 heteroatoms. The number of nitrogens with zero attached hydrogens (tertiary/aromatic N) is 2. The largest absolute Gasteiger partial charge is 0.416 e. The quantitative estimate of drug-likeness (QED) is 0.617. The number of rotatable bonds is 4. The van der Waals surface area contributed by atoms with Crippen molar-refractivity contribution in [1.82, 2.24) is 9.78 Å². The molecule has 0 radical (unpaired) electrons. The Bertz CT molecular complexity index is 782. The van der Waals surface area contributed by atoms with Crippen molar-refractivity contribution in [2.24, 2.45) is 0 Å². The SMILES string of the molecule is CONc1c(C(C)=O)c(N)nn1-c1c(Cl)cc(C(F)(F)F)cc1Cl. The fourth-order valence-electron chi connectivity index (χ4n) is 2.07. The maximum absolute atomic E-state index is 12.8. The molecule has 0 atom stereocenters. The van der Waals surface area contributed by atoms with Gasteiger partial charge in [0.25, 0.3) is 0 Å². The van der Waals surface area contributed by atoms with Gasteiger partial charge in [0.05, 0.1) is 22.7 Å². The van der Waals surface area contributed by atoms with E-state index in [0.29, 0.717) is 12.1 Å². The Kier molecular flexibility index (Phi) is 4.97. The summed E-state index contributed by atoms with van der Waals surface area (Å²) >= 11 is 11.9. The molecule has 6 nitrogen and oxygen atoms in total. The number of nitrogens with one attached hydrogen (secondary N) is 1. The van der Waals surface area contributed by atoms with Gasteiger partial charge < -0.3 is 5.73 Å². The van der Waals surface area contributed by atoms with E-state index in [2.05, 4.69) is 10.6 Å². The Morgan fingerprint density at radius 2 is 1.88 bits per heavy atom. The lowest BCUT2D eigenvalue weighted by atomic mass is 10.2. The zero-order valence-corrected chi connectivity index (χ0v) is 13.8. The number of Topliss-reactive ketones (excluding diaryl/α,β-unsaturated/α-hetero) is 1. The maximum Gasteiger partial charge on any atom is 0.416 e. The number of hydrogen-bond donors (Lipinski definition) is 2. The fourth-order valence-corrected chi connectivity index (χ4v) is 2.71. The van der Waals surface area contributed by atoms with E-state index in [9.17, 15) is 18.0 Å². The van der Waals surface area contributed by atoms with Crippen molar-refractivity contribution >= 4 is 40.6 Å². The van der Waals surface area contributed by atoms with Crippen LogP contribution in [0.3, 0.4) is 0 Å². The molecule has 0 saturated heterocycles. The maximum atomic E-state index is 12.8. The monoisotopic (exact) mass is 382 g/mol. The zero-order valence-electron chi connectivity index (χ0n) is 12.3. The summed E-state index contributed by atoms with van der Waals surface area (Å²) in [6.45, 7) is 1.24. The molecule has 24 heavy (non-hydrogen) atoms. The van der Waals surface area contributed by atoms with Crippen LogP contribution in [0.1, 0.15) is 22.8 Å². The first-order valence-electron chi connectivity index (χ1n) is 6.33. The van der Waals surface area contributed by atoms with E-state index in [1.807, 2.05) is 0 Å². The third-order valence-corrected chi connectivity index (χ3v) is 3.60. The number of benzene rings is 1. The van der Waals surface area contributed by atoms with Crippen LogP contribution in [0, 0.1) is 0 Å². The lowest BCUT2D eigenvalue weighted by molar-refractivity contribution is -0.137. The topological polar surface area (TPSA) is 82.2 Å². The molecule has 0 unspecified atom stereocenters. The van der Waals surface area contributed by atoms with E-state index in [1.165, 1.54) is 14.0 Å². The molecule has 2 aromatic rings. The Morgan fingerprint density at radius 3 is 2.29 bits per heavy atom. The lowest BCUT2D eigenvalue weighted by Gasteiger charge is -2.14. The second kappa shape index (κ2) is 6.50. The van der Waals surface area contributed by atoms with Gasteiger partial charge in [-0.15, -0.1) is 5.10 Å². The van der Waals surface area contributed by atoms with E-state index in [4.69, 9.17) is 33.8 Å². The van der Waals surface area contributed by atoms with Crippen molar-refractivity contribution in [2.45, 2.75) is 13.1 Å². The van der Waals surface area contributed by atoms with Gasteiger partial charge in [0.2, 0.25) is 0 Å². The van der Waals surface area contributed by atoms with E-state index in [0.717, 1.165) is 4.68 Å². The summed E-state index contributed by atoms with van der Waals surface area (Å²) in [6.07, 6.45) is -4.62. The first kappa shape index (κ1) is 18.4. The molecule has 0 aliphatic carbocycles. The Labute approximate surface area is 144 Å². The molecule has 1 aromatic carbocycles. The first-order chi connectivity index (χ1) is 11.1. The summed E-state index contributed by atoms with van der Waals surface area (Å²) in [6, 6.07) is 1.40. The van der Waals surface area contributed by atoms with Crippen LogP contribution in [0.25, 0.3) is 5.69 Å². The smallest absolute Gasteiger partial charge is 0.382 e. The molecular weight excluding hydrogens is 372 g/mol. The van der Waals surface area contributed by atoms with E-state index >= 15 is 0 Å². The summed E-state index contributed by atoms with van der Waals surface area (Å²) in [5.41, 5.74) is 6.99. The van der Waals surface area contributed by atoms with Crippen LogP contribution in [-0.4, -0.2) is 22.7 Å². The van der Waals surface area contributed by atoms with Crippen molar-refractivity contribution in [3.05, 3.63) is 33.3 Å². The number of ketones is 1. The van der Waals surface area contributed by atoms with Gasteiger partial charge in [-0.1, -0.05) is 23.2 Å². The molecule has 1 aromatic heterocycles. The van der Waals surface area contributed by atoms with Crippen molar-refractivity contribution in [3.8, 4) is 5.69 Å². The van der Waals surface area contributed by atoms with Gasteiger partial charge in [0.1, 0.15) is 11.3 Å². The predicted molar refractivity (Wildman–Crippen MR) is 83.6 cm³/mol. The van der Waals surface area contributed by atoms with Crippen molar-refractivity contribution in [1.29, 1.82) is 0 Å². The molecule has 0 bridgehead atoms. The molecule has 130 valence electrons. The number of nitrogens with two attached hydrogens (primary N) is 1. The predicted octanol–water partition coefficient (Wildman–Crippen LogP) is 3.96. The molecule has 3 N–H and O–H groups in total. The van der Waals surface area contributed by atoms with Crippen LogP contribution in [-0.2, 0) is 11.0 Å². The third-order valence-electron chi connectivity index (χ3n) is 3.02. The number of nitrogen functional groups attached to an aromatic ring is 1. The average molecular weight is 383 g/mol. The molecule has 0 saturated carbocycles. The first-order valence-corrected chi connectivity index (χ1v) is 7.08. The summed E-state index contributed by atoms with van der Waals surface area (Å²) in [4.78, 5) is 16.5. The number of carbonyl (C=O) groups excluding carboxylic acids is 1. The van der Waals surface area contributed by atoms with E-state index < -0.39 is 17.5 Å². The summed E-state index contributed by atoms with van der Waals surface area (Å²) in [5.74, 6) is -0.599. The average Bonchev–Trinajstić information content (AvgIpc) is 2.74. The minimum atomic E-state index is -4.62. The normalized spacial score (nSPS) is 11.6. The van der Waals surface area contributed by atoms with E-state index in [-0.39, 0.29) is 32.9 Å². The van der Waals surface area contributed by atoms with Crippen LogP contribution >= 0.6 is 23.2 Å². The fraction of sp³-hybridized carbons (Fsp3) is 0.231. The minimum absolute atomic E-state index is 0.00828. The van der Waals surface area contributed by atoms with Gasteiger partial charge in [-0.05, 0) is 19.1 Å². The van der Waals surface area contributed by atoms with Crippen LogP contribution < -0.4 is 11.2 Å². The highest BCUT2D eigenvalue weighted by atomic mass is 35.5. The number of halogens is 5. The second-order valence-corrected chi connectivity index (χ2v) is 5.48. The highest BCUT2D eigenvalue weighted by molar-refractivity contribution is 6.38. The van der Waals surface area contributed by atoms with Crippen molar-refractivity contribution in [3.63, 3.8) is 0 Å². The Hall–Kier alpha value is -1.97. The highest BCUT2D eigenvalue weighted by Crippen LogP contribution is 2.39. The number of aromatic nitrogens is 2. The van der Waals surface area contributed by atoms with E-state index in [1.54, 1.807) is 0 Å². The zero-order chi connectivity index (χ0) is 18.2. The molecule has 0 spiro atoms. The van der Waals surface area contributed by atoms with Crippen molar-refractivity contribution in [2.75, 3.05) is 18.3 Å². The van der Waals surface area contributed by atoms with Gasteiger partial charge in [-0.3, -0.25) is 9.63 Å². The van der Waals surface area contributed by atoms with Crippen LogP contribution in [0.4, 0.5) is 24.8 Å². The molecule has 1 heterocycles. The molecule has 2 rings (SSSR count). The highest BCUT2D eigenvalue weighted by Gasteiger charge is 2.33. The Balaban J connectivity index is 2.73. The standard InChI is InChI=1S/C13H11Cl2F3N4O2/c1-5(23)9-11(19)20-22(12(9)21-24-2)10-7(14)3-6(4-8(10)15)13(16,17)18/h3-4,21H,1-2H3,(H2,19,20). The second-order valence-electron chi connectivity index (χ2n) is 4.67. The molecule has 0 aliphatic rings. The number of carbonyl (C=O) groups is 1. The van der Waals surface area contributed by atoms with Crippen LogP contribution in [0.5, 0.6) is 0 Å². The summed E-state index contributed by atoms with van der Waals surface area (Å²) in [5, 5.41) is 3.26. The molecule has 0 amide bonds. The van der Waals surface area contributed by atoms with Gasteiger partial charge >= 0.3 is 6.18 Å². The van der Waals surface area contributed by atoms with Crippen LogP contribution in [0.2, 0.25) is 10.0 Å². The number of alkyl halides is 3. The van der Waals surface area contributed by atoms with Gasteiger partial charge in [-0.2, -0.15) is 13.2 Å². The number of anilines is 2. The molecule has 0 aliphatic heterocycles. The summed E-state index contributed by atoms with van der Waals surface area (Å²) in [7, 11) is 1.27.